The number of para-hydroxylation sites is 1. The second-order valence-electron chi connectivity index (χ2n) is 6.07. The first-order valence-corrected chi connectivity index (χ1v) is 9.56. The zero-order valence-electron chi connectivity index (χ0n) is 15.2. The lowest BCUT2D eigenvalue weighted by atomic mass is 9.98. The lowest BCUT2D eigenvalue weighted by Crippen LogP contribution is -2.44. The van der Waals surface area contributed by atoms with Gasteiger partial charge in [-0.3, -0.25) is 0 Å². The molecular weight excluding hydrogens is 422 g/mol. The lowest BCUT2D eigenvalue weighted by Gasteiger charge is -2.28. The van der Waals surface area contributed by atoms with Gasteiger partial charge < -0.3 is 4.18 Å². The van der Waals surface area contributed by atoms with Gasteiger partial charge in [0.05, 0.1) is 5.56 Å². The molecule has 0 radical (unpaired) electrons. The van der Waals surface area contributed by atoms with Crippen molar-refractivity contribution >= 4 is 16.2 Å². The van der Waals surface area contributed by atoms with E-state index in [-0.39, 0.29) is 5.56 Å². The van der Waals surface area contributed by atoms with Crippen LogP contribution in [0.25, 0.3) is 6.08 Å². The van der Waals surface area contributed by atoms with Crippen LogP contribution in [0.5, 0.6) is 5.75 Å². The van der Waals surface area contributed by atoms with Gasteiger partial charge in [0.15, 0.2) is 5.75 Å². The van der Waals surface area contributed by atoms with Crippen molar-refractivity contribution in [2.24, 2.45) is 0 Å². The predicted molar refractivity (Wildman–Crippen MR) is 95.0 cm³/mol. The minimum Gasteiger partial charge on any atom is -0.378 e. The zero-order valence-corrected chi connectivity index (χ0v) is 16.0. The largest absolute Gasteiger partial charge is 0.378 e. The maximum atomic E-state index is 14.4. The predicted octanol–water partition coefficient (Wildman–Crippen LogP) is 5.79. The highest BCUT2D eigenvalue weighted by Crippen LogP contribution is 2.50. The van der Waals surface area contributed by atoms with Gasteiger partial charge in [-0.1, -0.05) is 42.0 Å². The number of hydrogen-bond donors (Lipinski definition) is 0. The molecule has 0 atom stereocenters. The third kappa shape index (κ3) is 4.42. The molecule has 0 saturated carbocycles. The molecule has 0 aliphatic carbocycles. The second kappa shape index (κ2) is 8.10. The van der Waals surface area contributed by atoms with E-state index >= 15 is 0 Å². The Kier molecular flexibility index (Phi) is 6.36. The Bertz CT molecular complexity index is 999. The third-order valence-electron chi connectivity index (χ3n) is 3.93. The molecule has 0 aliphatic rings. The number of rotatable bonds is 7. The van der Waals surface area contributed by atoms with E-state index in [0.717, 1.165) is 30.3 Å². The third-order valence-corrected chi connectivity index (χ3v) is 5.16. The molecule has 0 heterocycles. The Morgan fingerprint density at radius 1 is 1.00 bits per heavy atom. The summed E-state index contributed by atoms with van der Waals surface area (Å²) in [6, 6.07) is 7.54. The van der Waals surface area contributed by atoms with E-state index in [1.54, 1.807) is 6.92 Å². The fourth-order valence-corrected chi connectivity index (χ4v) is 3.36. The van der Waals surface area contributed by atoms with E-state index in [2.05, 4.69) is 0 Å². The summed E-state index contributed by atoms with van der Waals surface area (Å²) < 4.78 is 111. The van der Waals surface area contributed by atoms with Crippen molar-refractivity contribution in [1.29, 1.82) is 0 Å². The summed E-state index contributed by atoms with van der Waals surface area (Å²) in [7, 11) is -4.72. The van der Waals surface area contributed by atoms with E-state index in [4.69, 9.17) is 4.18 Å². The van der Waals surface area contributed by atoms with Crippen molar-refractivity contribution in [3.8, 4) is 5.75 Å². The molecule has 10 heteroatoms. The average molecular weight is 438 g/mol. The maximum absolute atomic E-state index is 14.4. The van der Waals surface area contributed by atoms with E-state index in [1.807, 2.05) is 0 Å². The van der Waals surface area contributed by atoms with Gasteiger partial charge in [0.2, 0.25) is 0 Å². The summed E-state index contributed by atoms with van der Waals surface area (Å²) in [6.45, 7) is 3.13. The number of hydrogen-bond acceptors (Lipinski definition) is 3. The van der Waals surface area contributed by atoms with Crippen molar-refractivity contribution < 1.29 is 38.9 Å². The highest BCUT2D eigenvalue weighted by atomic mass is 32.2. The molecule has 2 rings (SSSR count). The molecular formula is C19H16F6O3S. The quantitative estimate of drug-likeness (QED) is 0.406. The molecule has 0 aromatic heterocycles. The topological polar surface area (TPSA) is 43.4 Å². The van der Waals surface area contributed by atoms with Crippen molar-refractivity contribution in [3.05, 3.63) is 65.2 Å². The summed E-state index contributed by atoms with van der Waals surface area (Å²) in [5, 5.41) is 0. The number of allylic oxidation sites excluding steroid dienone is 1. The van der Waals surface area contributed by atoms with Crippen LogP contribution in [-0.4, -0.2) is 20.8 Å². The molecule has 0 fully saturated rings. The van der Waals surface area contributed by atoms with Crippen LogP contribution in [0, 0.1) is 6.92 Å². The van der Waals surface area contributed by atoms with Crippen LogP contribution in [0.3, 0.4) is 0 Å². The molecule has 3 nitrogen and oxygen atoms in total. The van der Waals surface area contributed by atoms with Gasteiger partial charge in [-0.2, -0.15) is 26.0 Å². The Hall–Kier alpha value is -2.49. The molecule has 158 valence electrons. The molecule has 0 amide bonds. The monoisotopic (exact) mass is 438 g/mol. The zero-order chi connectivity index (χ0) is 22.0. The summed E-state index contributed by atoms with van der Waals surface area (Å²) >= 11 is 0. The first kappa shape index (κ1) is 22.8. The Labute approximate surface area is 163 Å². The summed E-state index contributed by atoms with van der Waals surface area (Å²) in [4.78, 5) is -0.423. The minimum absolute atomic E-state index is 0.301. The first-order valence-electron chi connectivity index (χ1n) is 8.15. The fourth-order valence-electron chi connectivity index (χ4n) is 2.39. The van der Waals surface area contributed by atoms with Crippen molar-refractivity contribution in [3.63, 3.8) is 0 Å². The minimum atomic E-state index is -5.76. The molecule has 0 saturated heterocycles. The van der Waals surface area contributed by atoms with Crippen LogP contribution in [0.15, 0.2) is 53.4 Å². The van der Waals surface area contributed by atoms with E-state index in [9.17, 15) is 34.8 Å². The van der Waals surface area contributed by atoms with Crippen LogP contribution in [-0.2, 0) is 16.0 Å². The van der Waals surface area contributed by atoms with Gasteiger partial charge in [0.25, 0.3) is 0 Å². The van der Waals surface area contributed by atoms with Gasteiger partial charge in [-0.15, -0.1) is 0 Å². The molecule has 2 aromatic carbocycles. The van der Waals surface area contributed by atoms with Crippen molar-refractivity contribution in [2.45, 2.75) is 37.0 Å². The van der Waals surface area contributed by atoms with Gasteiger partial charge in [-0.25, -0.2) is 8.78 Å². The maximum Gasteiger partial charge on any atom is 0.373 e. The number of alkyl halides is 6. The normalized spacial score (nSPS) is 13.3. The van der Waals surface area contributed by atoms with Crippen LogP contribution in [0.1, 0.15) is 23.6 Å². The van der Waals surface area contributed by atoms with E-state index in [0.29, 0.717) is 11.6 Å². The van der Waals surface area contributed by atoms with Crippen LogP contribution < -0.4 is 4.18 Å². The molecule has 0 N–H and O–H groups in total. The fraction of sp³-hybridized carbons (Fsp3) is 0.263. The van der Waals surface area contributed by atoms with Crippen LogP contribution in [0.2, 0.25) is 0 Å². The second-order valence-corrected chi connectivity index (χ2v) is 7.62. The molecule has 0 bridgehead atoms. The molecule has 2 aromatic rings. The van der Waals surface area contributed by atoms with Crippen molar-refractivity contribution in [2.75, 3.05) is 0 Å². The summed E-state index contributed by atoms with van der Waals surface area (Å²) in [5.74, 6) is -12.3. The van der Waals surface area contributed by atoms with Gasteiger partial charge in [0, 0.05) is 5.56 Å². The van der Waals surface area contributed by atoms with Crippen LogP contribution in [0.4, 0.5) is 26.3 Å². The van der Waals surface area contributed by atoms with E-state index in [1.165, 1.54) is 25.1 Å². The smallest absolute Gasteiger partial charge is 0.373 e. The number of benzene rings is 2. The lowest BCUT2D eigenvalue weighted by molar-refractivity contribution is -0.270. The Morgan fingerprint density at radius 3 is 2.10 bits per heavy atom. The summed E-state index contributed by atoms with van der Waals surface area (Å²) in [6.07, 6.45) is -2.25. The van der Waals surface area contributed by atoms with E-state index < -0.39 is 44.6 Å². The standard InChI is InChI=1S/C19H16F6O3S/c1-3-5-13-6-4-7-15(18(22,23)19(24,25)17(20)21)16(13)28-29(26,27)14-10-8-12(2)9-11-14/h3-11,17H,1-2H3. The molecule has 29 heavy (non-hydrogen) atoms. The Morgan fingerprint density at radius 2 is 1.59 bits per heavy atom. The average Bonchev–Trinajstić information content (AvgIpc) is 2.63. The molecule has 0 unspecified atom stereocenters. The summed E-state index contributed by atoms with van der Waals surface area (Å²) in [5.41, 5.74) is -1.28. The van der Waals surface area contributed by atoms with Crippen molar-refractivity contribution in [1.82, 2.24) is 0 Å². The molecule has 0 aliphatic heterocycles. The number of aryl methyl sites for hydroxylation is 1. The molecule has 0 spiro atoms. The highest BCUT2D eigenvalue weighted by Gasteiger charge is 2.65. The van der Waals surface area contributed by atoms with Gasteiger partial charge in [-0.05, 0) is 32.0 Å². The Balaban J connectivity index is 2.68. The van der Waals surface area contributed by atoms with Crippen LogP contribution >= 0.6 is 0 Å². The highest BCUT2D eigenvalue weighted by molar-refractivity contribution is 7.87. The van der Waals surface area contributed by atoms with Gasteiger partial charge in [0.1, 0.15) is 4.90 Å². The van der Waals surface area contributed by atoms with Gasteiger partial charge >= 0.3 is 28.4 Å². The first-order chi connectivity index (χ1) is 13.3. The number of halogens is 6. The SMILES string of the molecule is CC=Cc1cccc(C(F)(F)C(F)(F)C(F)F)c1OS(=O)(=O)c1ccc(C)cc1.